The van der Waals surface area contributed by atoms with Crippen LogP contribution in [0.2, 0.25) is 0 Å². The lowest BCUT2D eigenvalue weighted by Crippen LogP contribution is -2.05. The Morgan fingerprint density at radius 3 is 2.63 bits per heavy atom. The fraction of sp³-hybridized carbons (Fsp3) is 0.0769. The minimum atomic E-state index is -0.585. The van der Waals surface area contributed by atoms with Crippen molar-refractivity contribution in [3.8, 4) is 17.7 Å². The number of esters is 1. The summed E-state index contributed by atoms with van der Waals surface area (Å²) in [6, 6.07) is 8.50. The number of methoxy groups -OCH3 is 1. The number of ether oxygens (including phenoxy) is 2. The van der Waals surface area contributed by atoms with Gasteiger partial charge in [0.1, 0.15) is 5.75 Å². The van der Waals surface area contributed by atoms with Crippen molar-refractivity contribution in [1.82, 2.24) is 9.97 Å². The summed E-state index contributed by atoms with van der Waals surface area (Å²) in [6.45, 7) is 0. The Hall–Kier alpha value is -2.94. The molecule has 2 aromatic rings. The van der Waals surface area contributed by atoms with Crippen molar-refractivity contribution >= 4 is 5.97 Å². The molecule has 0 fully saturated rings. The lowest BCUT2D eigenvalue weighted by Gasteiger charge is -2.05. The molecule has 0 atom stereocenters. The van der Waals surface area contributed by atoms with E-state index in [2.05, 4.69) is 14.7 Å². The molecule has 0 amide bonds. The number of aromatic nitrogens is 2. The van der Waals surface area contributed by atoms with Crippen molar-refractivity contribution in [1.29, 1.82) is 5.26 Å². The molecule has 1 aromatic carbocycles. The van der Waals surface area contributed by atoms with Gasteiger partial charge >= 0.3 is 5.97 Å². The summed E-state index contributed by atoms with van der Waals surface area (Å²) in [4.78, 5) is 19.1. The van der Waals surface area contributed by atoms with Gasteiger partial charge < -0.3 is 9.47 Å². The molecule has 2 rings (SSSR count). The molecule has 0 saturated heterocycles. The maximum absolute atomic E-state index is 11.3. The highest BCUT2D eigenvalue weighted by Crippen LogP contribution is 2.19. The molecule has 6 heteroatoms. The van der Waals surface area contributed by atoms with Crippen LogP contribution in [0.3, 0.4) is 0 Å². The maximum atomic E-state index is 11.3. The molecule has 0 unspecified atom stereocenters. The van der Waals surface area contributed by atoms with E-state index in [9.17, 15) is 4.79 Å². The van der Waals surface area contributed by atoms with Gasteiger partial charge in [0.25, 0.3) is 0 Å². The summed E-state index contributed by atoms with van der Waals surface area (Å²) in [5.74, 6) is 0.0840. The first-order valence-electron chi connectivity index (χ1n) is 5.31. The zero-order valence-electron chi connectivity index (χ0n) is 10.0. The predicted octanol–water partition coefficient (Wildman–Crippen LogP) is 1.93. The fourth-order valence-corrected chi connectivity index (χ4v) is 1.32. The molecular weight excluding hydrogens is 246 g/mol. The van der Waals surface area contributed by atoms with Crippen LogP contribution in [-0.2, 0) is 4.74 Å². The highest BCUT2D eigenvalue weighted by atomic mass is 16.5. The second-order valence-corrected chi connectivity index (χ2v) is 3.47. The molecule has 1 heterocycles. The normalized spacial score (nSPS) is 9.47. The van der Waals surface area contributed by atoms with Crippen LogP contribution in [0.4, 0.5) is 0 Å². The Labute approximate surface area is 109 Å². The highest BCUT2D eigenvalue weighted by molar-refractivity contribution is 5.86. The van der Waals surface area contributed by atoms with Gasteiger partial charge in [-0.3, -0.25) is 4.98 Å². The minimum absolute atomic E-state index is 0.0636. The SMILES string of the molecule is COC(=O)c1cncc(Oc2ccc(C#N)cc2)n1. The van der Waals surface area contributed by atoms with E-state index in [1.54, 1.807) is 24.3 Å². The number of rotatable bonds is 3. The van der Waals surface area contributed by atoms with E-state index in [0.717, 1.165) is 0 Å². The van der Waals surface area contributed by atoms with E-state index in [1.807, 2.05) is 6.07 Å². The standard InChI is InChI=1S/C13H9N3O3/c1-18-13(17)11-7-15-8-12(16-11)19-10-4-2-9(6-14)3-5-10/h2-5,7-8H,1H3. The molecule has 0 N–H and O–H groups in total. The first-order valence-corrected chi connectivity index (χ1v) is 5.31. The minimum Gasteiger partial charge on any atom is -0.464 e. The van der Waals surface area contributed by atoms with E-state index in [0.29, 0.717) is 11.3 Å². The number of nitrogens with zero attached hydrogens (tertiary/aromatic N) is 3. The number of carbonyl (C=O) groups excluding carboxylic acids is 1. The third-order valence-corrected chi connectivity index (χ3v) is 2.21. The van der Waals surface area contributed by atoms with Crippen LogP contribution in [0.15, 0.2) is 36.7 Å². The summed E-state index contributed by atoms with van der Waals surface area (Å²) in [6.07, 6.45) is 2.67. The van der Waals surface area contributed by atoms with E-state index in [4.69, 9.17) is 10.00 Å². The Bertz CT molecular complexity index is 632. The summed E-state index contributed by atoms with van der Waals surface area (Å²) in [5, 5.41) is 8.68. The third-order valence-electron chi connectivity index (χ3n) is 2.21. The molecule has 19 heavy (non-hydrogen) atoms. The Morgan fingerprint density at radius 1 is 1.26 bits per heavy atom. The molecule has 0 saturated carbocycles. The van der Waals surface area contributed by atoms with E-state index < -0.39 is 5.97 Å². The molecule has 0 radical (unpaired) electrons. The number of hydrogen-bond acceptors (Lipinski definition) is 6. The zero-order chi connectivity index (χ0) is 13.7. The lowest BCUT2D eigenvalue weighted by molar-refractivity contribution is 0.0592. The highest BCUT2D eigenvalue weighted by Gasteiger charge is 2.09. The topological polar surface area (TPSA) is 85.1 Å². The molecule has 0 bridgehead atoms. The van der Waals surface area contributed by atoms with E-state index in [1.165, 1.54) is 19.5 Å². The summed E-state index contributed by atoms with van der Waals surface area (Å²) in [7, 11) is 1.26. The number of benzene rings is 1. The average Bonchev–Trinajstić information content (AvgIpc) is 2.47. The lowest BCUT2D eigenvalue weighted by atomic mass is 10.2. The largest absolute Gasteiger partial charge is 0.464 e. The number of carbonyl (C=O) groups is 1. The number of nitriles is 1. The van der Waals surface area contributed by atoms with Gasteiger partial charge in [-0.1, -0.05) is 0 Å². The molecule has 0 spiro atoms. The average molecular weight is 255 g/mol. The van der Waals surface area contributed by atoms with Gasteiger partial charge in [0.2, 0.25) is 5.88 Å². The van der Waals surface area contributed by atoms with Crippen LogP contribution < -0.4 is 4.74 Å². The first-order chi connectivity index (χ1) is 9.22. The van der Waals surface area contributed by atoms with Crippen LogP contribution in [0, 0.1) is 11.3 Å². The van der Waals surface area contributed by atoms with Crippen molar-refractivity contribution < 1.29 is 14.3 Å². The second-order valence-electron chi connectivity index (χ2n) is 3.47. The molecule has 6 nitrogen and oxygen atoms in total. The molecule has 0 aliphatic heterocycles. The zero-order valence-corrected chi connectivity index (χ0v) is 10.0. The second kappa shape index (κ2) is 5.60. The molecule has 94 valence electrons. The van der Waals surface area contributed by atoms with Crippen LogP contribution >= 0.6 is 0 Å². The monoisotopic (exact) mass is 255 g/mol. The Morgan fingerprint density at radius 2 is 2.00 bits per heavy atom. The fourth-order valence-electron chi connectivity index (χ4n) is 1.32. The van der Waals surface area contributed by atoms with Gasteiger partial charge in [0.15, 0.2) is 5.69 Å². The number of hydrogen-bond donors (Lipinski definition) is 0. The Balaban J connectivity index is 2.18. The van der Waals surface area contributed by atoms with Gasteiger partial charge in [0, 0.05) is 0 Å². The summed E-state index contributed by atoms with van der Waals surface area (Å²) >= 11 is 0. The molecular formula is C13H9N3O3. The molecule has 1 aromatic heterocycles. The van der Waals surface area contributed by atoms with Crippen molar-refractivity contribution in [2.45, 2.75) is 0 Å². The maximum Gasteiger partial charge on any atom is 0.358 e. The van der Waals surface area contributed by atoms with E-state index in [-0.39, 0.29) is 11.6 Å². The van der Waals surface area contributed by atoms with Crippen molar-refractivity contribution in [2.24, 2.45) is 0 Å². The van der Waals surface area contributed by atoms with Crippen molar-refractivity contribution in [3.63, 3.8) is 0 Å². The summed E-state index contributed by atoms with van der Waals surface area (Å²) in [5.41, 5.74) is 0.593. The first kappa shape index (κ1) is 12.5. The van der Waals surface area contributed by atoms with Gasteiger partial charge in [-0.2, -0.15) is 5.26 Å². The molecule has 0 aliphatic rings. The molecule has 0 aliphatic carbocycles. The van der Waals surface area contributed by atoms with Gasteiger partial charge in [-0.15, -0.1) is 0 Å². The predicted molar refractivity (Wildman–Crippen MR) is 64.6 cm³/mol. The van der Waals surface area contributed by atoms with E-state index >= 15 is 0 Å². The quantitative estimate of drug-likeness (QED) is 0.779. The Kier molecular flexibility index (Phi) is 3.69. The van der Waals surface area contributed by atoms with Gasteiger partial charge in [0.05, 0.1) is 31.1 Å². The van der Waals surface area contributed by atoms with Gasteiger partial charge in [-0.05, 0) is 24.3 Å². The van der Waals surface area contributed by atoms with Crippen molar-refractivity contribution in [2.75, 3.05) is 7.11 Å². The van der Waals surface area contributed by atoms with Crippen molar-refractivity contribution in [3.05, 3.63) is 47.9 Å². The van der Waals surface area contributed by atoms with Crippen LogP contribution in [-0.4, -0.2) is 23.0 Å². The van der Waals surface area contributed by atoms with Gasteiger partial charge in [-0.25, -0.2) is 9.78 Å². The third kappa shape index (κ3) is 3.04. The van der Waals surface area contributed by atoms with Crippen LogP contribution in [0.5, 0.6) is 11.6 Å². The van der Waals surface area contributed by atoms with Crippen LogP contribution in [0.25, 0.3) is 0 Å². The smallest absolute Gasteiger partial charge is 0.358 e. The summed E-state index contributed by atoms with van der Waals surface area (Å²) < 4.78 is 9.96. The van der Waals surface area contributed by atoms with Crippen LogP contribution in [0.1, 0.15) is 16.1 Å².